The van der Waals surface area contributed by atoms with Gasteiger partial charge in [0.1, 0.15) is 16.5 Å². The first-order valence-electron chi connectivity index (χ1n) is 8.75. The van der Waals surface area contributed by atoms with Gasteiger partial charge in [-0.1, -0.05) is 28.1 Å². The molecule has 0 spiro atoms. The summed E-state index contributed by atoms with van der Waals surface area (Å²) < 4.78 is 54.4. The lowest BCUT2D eigenvalue weighted by atomic mass is 10.1. The van der Waals surface area contributed by atoms with E-state index in [4.69, 9.17) is 0 Å². The van der Waals surface area contributed by atoms with Gasteiger partial charge in [-0.2, -0.15) is 4.31 Å². The molecule has 28 heavy (non-hydrogen) atoms. The summed E-state index contributed by atoms with van der Waals surface area (Å²) in [5, 5.41) is 0. The molecule has 2 aromatic rings. The van der Waals surface area contributed by atoms with Crippen molar-refractivity contribution in [2.24, 2.45) is 0 Å². The third-order valence-electron chi connectivity index (χ3n) is 4.62. The summed E-state index contributed by atoms with van der Waals surface area (Å²) in [5.41, 5.74) is 1.03. The summed E-state index contributed by atoms with van der Waals surface area (Å²) in [5.74, 6) is -1.87. The molecule has 0 N–H and O–H groups in total. The molecule has 150 valence electrons. The Kier molecular flexibility index (Phi) is 6.47. The molecule has 0 radical (unpaired) electrons. The third-order valence-corrected chi connectivity index (χ3v) is 7.03. The number of hydrogen-bond donors (Lipinski definition) is 0. The van der Waals surface area contributed by atoms with Gasteiger partial charge < -0.3 is 4.90 Å². The fraction of sp³-hybridized carbons (Fsp3) is 0.316. The van der Waals surface area contributed by atoms with Gasteiger partial charge in [-0.25, -0.2) is 17.2 Å². The second-order valence-corrected chi connectivity index (χ2v) is 9.31. The number of benzene rings is 2. The lowest BCUT2D eigenvalue weighted by Crippen LogP contribution is -2.50. The number of aryl methyl sites for hydroxylation is 1. The van der Waals surface area contributed by atoms with Crippen LogP contribution in [0.5, 0.6) is 0 Å². The summed E-state index contributed by atoms with van der Waals surface area (Å²) in [6.45, 7) is 0.517. The normalized spacial score (nSPS) is 15.6. The first-order chi connectivity index (χ1) is 13.3. The fourth-order valence-corrected chi connectivity index (χ4v) is 5.04. The maximum atomic E-state index is 13.9. The van der Waals surface area contributed by atoms with Crippen molar-refractivity contribution in [2.75, 3.05) is 26.2 Å². The number of nitrogens with zero attached hydrogens (tertiary/aromatic N) is 2. The van der Waals surface area contributed by atoms with Gasteiger partial charge in [-0.3, -0.25) is 4.79 Å². The lowest BCUT2D eigenvalue weighted by Gasteiger charge is -2.34. The van der Waals surface area contributed by atoms with Crippen molar-refractivity contribution < 1.29 is 22.0 Å². The molecular weight excluding hydrogens is 454 g/mol. The Morgan fingerprint density at radius 2 is 1.75 bits per heavy atom. The molecule has 0 atom stereocenters. The van der Waals surface area contributed by atoms with Gasteiger partial charge in [-0.05, 0) is 42.3 Å². The van der Waals surface area contributed by atoms with E-state index in [0.717, 1.165) is 26.5 Å². The molecule has 5 nitrogen and oxygen atoms in total. The fourth-order valence-electron chi connectivity index (χ4n) is 3.09. The third kappa shape index (κ3) is 4.76. The van der Waals surface area contributed by atoms with Crippen LogP contribution >= 0.6 is 15.9 Å². The Hall–Kier alpha value is -1.84. The largest absolute Gasteiger partial charge is 0.340 e. The highest BCUT2D eigenvalue weighted by molar-refractivity contribution is 9.10. The second-order valence-electron chi connectivity index (χ2n) is 6.49. The molecule has 1 saturated heterocycles. The summed E-state index contributed by atoms with van der Waals surface area (Å²) >= 11 is 3.39. The zero-order valence-electron chi connectivity index (χ0n) is 14.9. The SMILES string of the molecule is O=C(CCc1cccc(Br)c1)N1CCN(S(=O)(=O)c2cc(F)ccc2F)CC1. The lowest BCUT2D eigenvalue weighted by molar-refractivity contribution is -0.132. The minimum Gasteiger partial charge on any atom is -0.340 e. The van der Waals surface area contributed by atoms with E-state index in [1.165, 1.54) is 0 Å². The number of amides is 1. The van der Waals surface area contributed by atoms with Crippen LogP contribution in [0.1, 0.15) is 12.0 Å². The van der Waals surface area contributed by atoms with E-state index in [0.29, 0.717) is 18.9 Å². The monoisotopic (exact) mass is 472 g/mol. The summed E-state index contributed by atoms with van der Waals surface area (Å²) in [6, 6.07) is 10.0. The van der Waals surface area contributed by atoms with Crippen molar-refractivity contribution in [3.05, 3.63) is 64.1 Å². The van der Waals surface area contributed by atoms with Crippen LogP contribution in [0.15, 0.2) is 51.8 Å². The zero-order chi connectivity index (χ0) is 20.3. The van der Waals surface area contributed by atoms with Gasteiger partial charge in [0.05, 0.1) is 0 Å². The average molecular weight is 473 g/mol. The van der Waals surface area contributed by atoms with Gasteiger partial charge >= 0.3 is 0 Å². The molecule has 1 heterocycles. The highest BCUT2D eigenvalue weighted by Gasteiger charge is 2.32. The molecule has 0 unspecified atom stereocenters. The van der Waals surface area contributed by atoms with Gasteiger partial charge in [0, 0.05) is 37.1 Å². The molecule has 1 fully saturated rings. The predicted octanol–water partition coefficient (Wildman–Crippen LogP) is 3.19. The number of piperazine rings is 1. The summed E-state index contributed by atoms with van der Waals surface area (Å²) in [4.78, 5) is 13.3. The molecule has 0 saturated carbocycles. The molecule has 1 amide bonds. The topological polar surface area (TPSA) is 57.7 Å². The van der Waals surface area contributed by atoms with Gasteiger partial charge in [-0.15, -0.1) is 0 Å². The van der Waals surface area contributed by atoms with Crippen LogP contribution in [0.25, 0.3) is 0 Å². The Morgan fingerprint density at radius 3 is 2.43 bits per heavy atom. The van der Waals surface area contributed by atoms with Gasteiger partial charge in [0.25, 0.3) is 0 Å². The minimum atomic E-state index is -4.15. The number of halogens is 3. The van der Waals surface area contributed by atoms with Crippen LogP contribution in [0, 0.1) is 11.6 Å². The van der Waals surface area contributed by atoms with E-state index in [9.17, 15) is 22.0 Å². The number of carbonyl (C=O) groups excluding carboxylic acids is 1. The molecule has 0 aliphatic carbocycles. The van der Waals surface area contributed by atoms with Crippen LogP contribution < -0.4 is 0 Å². The molecule has 0 bridgehead atoms. The molecule has 1 aliphatic rings. The van der Waals surface area contributed by atoms with Crippen molar-refractivity contribution >= 4 is 31.9 Å². The Labute approximate surface area is 171 Å². The Morgan fingerprint density at radius 1 is 1.04 bits per heavy atom. The minimum absolute atomic E-state index is 0.0426. The molecule has 3 rings (SSSR count). The number of hydrogen-bond acceptors (Lipinski definition) is 3. The van der Waals surface area contributed by atoms with Crippen molar-refractivity contribution in [3.63, 3.8) is 0 Å². The Balaban J connectivity index is 1.59. The standard InChI is InChI=1S/C19H19BrF2N2O3S/c20-15-3-1-2-14(12-15)4-7-19(25)23-8-10-24(11-9-23)28(26,27)18-13-16(21)5-6-17(18)22/h1-3,5-6,12-13H,4,7-11H2. The molecular formula is C19H19BrF2N2O3S. The van der Waals surface area contributed by atoms with Crippen LogP contribution in [0.3, 0.4) is 0 Å². The van der Waals surface area contributed by atoms with E-state index in [1.54, 1.807) is 4.90 Å². The van der Waals surface area contributed by atoms with E-state index < -0.39 is 26.6 Å². The first kappa shape index (κ1) is 20.9. The summed E-state index contributed by atoms with van der Waals surface area (Å²) in [7, 11) is -4.15. The van der Waals surface area contributed by atoms with E-state index in [-0.39, 0.29) is 32.1 Å². The molecule has 9 heteroatoms. The smallest absolute Gasteiger partial charge is 0.246 e. The maximum absolute atomic E-state index is 13.9. The highest BCUT2D eigenvalue weighted by atomic mass is 79.9. The van der Waals surface area contributed by atoms with E-state index >= 15 is 0 Å². The zero-order valence-corrected chi connectivity index (χ0v) is 17.3. The maximum Gasteiger partial charge on any atom is 0.246 e. The number of carbonyl (C=O) groups is 1. The Bertz CT molecular complexity index is 977. The van der Waals surface area contributed by atoms with Crippen LogP contribution in [0.4, 0.5) is 8.78 Å². The van der Waals surface area contributed by atoms with Crippen LogP contribution in [-0.4, -0.2) is 49.7 Å². The van der Waals surface area contributed by atoms with Crippen LogP contribution in [-0.2, 0) is 21.2 Å². The highest BCUT2D eigenvalue weighted by Crippen LogP contribution is 2.22. The number of rotatable bonds is 5. The average Bonchev–Trinajstić information content (AvgIpc) is 2.68. The second kappa shape index (κ2) is 8.67. The first-order valence-corrected chi connectivity index (χ1v) is 11.0. The van der Waals surface area contributed by atoms with Crippen molar-refractivity contribution in [2.45, 2.75) is 17.7 Å². The van der Waals surface area contributed by atoms with Crippen molar-refractivity contribution in [1.82, 2.24) is 9.21 Å². The number of sulfonamides is 1. The molecule has 1 aliphatic heterocycles. The van der Waals surface area contributed by atoms with Crippen molar-refractivity contribution in [3.8, 4) is 0 Å². The van der Waals surface area contributed by atoms with Crippen LogP contribution in [0.2, 0.25) is 0 Å². The predicted molar refractivity (Wildman–Crippen MR) is 104 cm³/mol. The van der Waals surface area contributed by atoms with Gasteiger partial charge in [0.2, 0.25) is 15.9 Å². The van der Waals surface area contributed by atoms with E-state index in [1.807, 2.05) is 24.3 Å². The summed E-state index contributed by atoms with van der Waals surface area (Å²) in [6.07, 6.45) is 0.910. The van der Waals surface area contributed by atoms with E-state index in [2.05, 4.69) is 15.9 Å². The molecule has 0 aromatic heterocycles. The van der Waals surface area contributed by atoms with Gasteiger partial charge in [0.15, 0.2) is 0 Å². The quantitative estimate of drug-likeness (QED) is 0.671. The van der Waals surface area contributed by atoms with Crippen molar-refractivity contribution in [1.29, 1.82) is 0 Å². The molecule has 2 aromatic carbocycles.